The van der Waals surface area contributed by atoms with Gasteiger partial charge in [0.05, 0.1) is 19.7 Å². The minimum Gasteiger partial charge on any atom is -0.493 e. The largest absolute Gasteiger partial charge is 0.493 e. The summed E-state index contributed by atoms with van der Waals surface area (Å²) < 4.78 is 10.3. The molecular weight excluding hydrogens is 222 g/mol. The SMILES string of the molecule is CNc1nc2ccc(OC)c(OC)c2c(=O)[nH]1. The number of fused-ring (bicyclic) bond motifs is 1. The zero-order valence-electron chi connectivity index (χ0n) is 9.83. The second-order valence-corrected chi connectivity index (χ2v) is 3.36. The fraction of sp³-hybridized carbons (Fsp3) is 0.273. The van der Waals surface area contributed by atoms with Gasteiger partial charge in [0.1, 0.15) is 5.39 Å². The van der Waals surface area contributed by atoms with Crippen LogP contribution in [0.25, 0.3) is 10.9 Å². The van der Waals surface area contributed by atoms with Crippen molar-refractivity contribution < 1.29 is 9.47 Å². The van der Waals surface area contributed by atoms with E-state index < -0.39 is 0 Å². The summed E-state index contributed by atoms with van der Waals surface area (Å²) in [6, 6.07) is 3.43. The van der Waals surface area contributed by atoms with Crippen LogP contribution in [0, 0.1) is 0 Å². The predicted molar refractivity (Wildman–Crippen MR) is 65.0 cm³/mol. The fourth-order valence-corrected chi connectivity index (χ4v) is 1.67. The Labute approximate surface area is 97.6 Å². The molecule has 2 N–H and O–H groups in total. The van der Waals surface area contributed by atoms with Gasteiger partial charge < -0.3 is 14.8 Å². The molecule has 0 aliphatic carbocycles. The molecule has 0 aliphatic heterocycles. The van der Waals surface area contributed by atoms with E-state index in [-0.39, 0.29) is 5.56 Å². The number of nitrogens with one attached hydrogen (secondary N) is 2. The van der Waals surface area contributed by atoms with Crippen LogP contribution >= 0.6 is 0 Å². The third kappa shape index (κ3) is 1.77. The molecule has 0 aliphatic rings. The highest BCUT2D eigenvalue weighted by Gasteiger charge is 2.13. The summed E-state index contributed by atoms with van der Waals surface area (Å²) in [5.41, 5.74) is 0.283. The van der Waals surface area contributed by atoms with E-state index in [2.05, 4.69) is 15.3 Å². The van der Waals surface area contributed by atoms with Crippen LogP contribution in [0.4, 0.5) is 5.95 Å². The number of anilines is 1. The topological polar surface area (TPSA) is 76.2 Å². The third-order valence-corrected chi connectivity index (χ3v) is 2.45. The van der Waals surface area contributed by atoms with Crippen LogP contribution in [0.3, 0.4) is 0 Å². The van der Waals surface area contributed by atoms with Crippen molar-refractivity contribution in [2.45, 2.75) is 0 Å². The number of rotatable bonds is 3. The van der Waals surface area contributed by atoms with Crippen LogP contribution in [0.15, 0.2) is 16.9 Å². The highest BCUT2D eigenvalue weighted by molar-refractivity contribution is 5.87. The first-order chi connectivity index (χ1) is 8.21. The van der Waals surface area contributed by atoms with Gasteiger partial charge in [-0.15, -0.1) is 0 Å². The Balaban J connectivity index is 2.85. The summed E-state index contributed by atoms with van der Waals surface area (Å²) >= 11 is 0. The standard InChI is InChI=1S/C11H13N3O3/c1-12-11-13-6-4-5-7(16-2)9(17-3)8(6)10(15)14-11/h4-5H,1-3H3,(H2,12,13,14,15). The van der Waals surface area contributed by atoms with Crippen LogP contribution in [0.2, 0.25) is 0 Å². The summed E-state index contributed by atoms with van der Waals surface area (Å²) in [7, 11) is 4.70. The van der Waals surface area contributed by atoms with Gasteiger partial charge in [0.2, 0.25) is 5.95 Å². The van der Waals surface area contributed by atoms with Crippen molar-refractivity contribution in [3.8, 4) is 11.5 Å². The van der Waals surface area contributed by atoms with Gasteiger partial charge >= 0.3 is 0 Å². The molecule has 2 aromatic rings. The maximum absolute atomic E-state index is 11.9. The van der Waals surface area contributed by atoms with E-state index in [1.807, 2.05) is 0 Å². The Morgan fingerprint density at radius 2 is 2.06 bits per heavy atom. The number of hydrogen-bond donors (Lipinski definition) is 2. The Morgan fingerprint density at radius 3 is 2.65 bits per heavy atom. The molecule has 6 nitrogen and oxygen atoms in total. The van der Waals surface area contributed by atoms with E-state index in [9.17, 15) is 4.79 Å². The van der Waals surface area contributed by atoms with Gasteiger partial charge in [-0.3, -0.25) is 9.78 Å². The number of nitrogens with zero attached hydrogens (tertiary/aromatic N) is 1. The monoisotopic (exact) mass is 235 g/mol. The van der Waals surface area contributed by atoms with E-state index in [1.54, 1.807) is 19.2 Å². The van der Waals surface area contributed by atoms with Gasteiger partial charge in [-0.05, 0) is 12.1 Å². The molecule has 90 valence electrons. The molecule has 6 heteroatoms. The van der Waals surface area contributed by atoms with Gasteiger partial charge in [-0.2, -0.15) is 0 Å². The minimum atomic E-state index is -0.268. The van der Waals surface area contributed by atoms with Gasteiger partial charge in [0.25, 0.3) is 5.56 Å². The van der Waals surface area contributed by atoms with Gasteiger partial charge in [-0.25, -0.2) is 4.98 Å². The van der Waals surface area contributed by atoms with Crippen molar-refractivity contribution in [2.24, 2.45) is 0 Å². The van der Waals surface area contributed by atoms with Crippen molar-refractivity contribution in [1.82, 2.24) is 9.97 Å². The molecule has 1 heterocycles. The highest BCUT2D eigenvalue weighted by Crippen LogP contribution is 2.32. The lowest BCUT2D eigenvalue weighted by molar-refractivity contribution is 0.358. The van der Waals surface area contributed by atoms with Gasteiger partial charge in [-0.1, -0.05) is 0 Å². The first-order valence-corrected chi connectivity index (χ1v) is 5.04. The number of ether oxygens (including phenoxy) is 2. The second-order valence-electron chi connectivity index (χ2n) is 3.36. The number of aromatic nitrogens is 2. The lowest BCUT2D eigenvalue weighted by Crippen LogP contribution is -2.12. The van der Waals surface area contributed by atoms with Crippen molar-refractivity contribution in [1.29, 1.82) is 0 Å². The molecule has 0 unspecified atom stereocenters. The molecule has 2 rings (SSSR count). The maximum Gasteiger partial charge on any atom is 0.264 e. The van der Waals surface area contributed by atoms with Crippen molar-refractivity contribution in [2.75, 3.05) is 26.6 Å². The molecule has 0 bridgehead atoms. The number of hydrogen-bond acceptors (Lipinski definition) is 5. The highest BCUT2D eigenvalue weighted by atomic mass is 16.5. The Morgan fingerprint density at radius 1 is 1.29 bits per heavy atom. The minimum absolute atomic E-state index is 0.268. The smallest absolute Gasteiger partial charge is 0.264 e. The molecule has 0 fully saturated rings. The average molecular weight is 235 g/mol. The molecule has 0 atom stereocenters. The average Bonchev–Trinajstić information content (AvgIpc) is 2.36. The number of aromatic amines is 1. The first-order valence-electron chi connectivity index (χ1n) is 5.04. The molecule has 1 aromatic heterocycles. The van der Waals surface area contributed by atoms with Crippen molar-refractivity contribution >= 4 is 16.9 Å². The maximum atomic E-state index is 11.9. The number of benzene rings is 1. The molecule has 0 amide bonds. The third-order valence-electron chi connectivity index (χ3n) is 2.45. The molecular formula is C11H13N3O3. The second kappa shape index (κ2) is 4.32. The quantitative estimate of drug-likeness (QED) is 0.829. The number of methoxy groups -OCH3 is 2. The molecule has 1 aromatic carbocycles. The fourth-order valence-electron chi connectivity index (χ4n) is 1.67. The van der Waals surface area contributed by atoms with Gasteiger partial charge in [0, 0.05) is 7.05 Å². The van der Waals surface area contributed by atoms with Crippen LogP contribution in [-0.2, 0) is 0 Å². The van der Waals surface area contributed by atoms with E-state index in [0.29, 0.717) is 28.4 Å². The zero-order valence-corrected chi connectivity index (χ0v) is 9.83. The van der Waals surface area contributed by atoms with E-state index >= 15 is 0 Å². The zero-order chi connectivity index (χ0) is 12.4. The lowest BCUT2D eigenvalue weighted by Gasteiger charge is -2.10. The predicted octanol–water partition coefficient (Wildman–Crippen LogP) is 0.982. The molecule has 0 saturated carbocycles. The summed E-state index contributed by atoms with van der Waals surface area (Å²) in [6.45, 7) is 0. The Kier molecular flexibility index (Phi) is 2.86. The van der Waals surface area contributed by atoms with E-state index in [4.69, 9.17) is 9.47 Å². The summed E-state index contributed by atoms with van der Waals surface area (Å²) in [5.74, 6) is 1.31. The molecule has 0 spiro atoms. The summed E-state index contributed by atoms with van der Waals surface area (Å²) in [5, 5.41) is 3.17. The number of H-pyrrole nitrogens is 1. The summed E-state index contributed by atoms with van der Waals surface area (Å²) in [4.78, 5) is 18.8. The first kappa shape index (κ1) is 11.3. The Bertz CT molecular complexity index is 607. The normalized spacial score (nSPS) is 10.3. The summed E-state index contributed by atoms with van der Waals surface area (Å²) in [6.07, 6.45) is 0. The van der Waals surface area contributed by atoms with Gasteiger partial charge in [0.15, 0.2) is 11.5 Å². The van der Waals surface area contributed by atoms with E-state index in [1.165, 1.54) is 14.2 Å². The van der Waals surface area contributed by atoms with E-state index in [0.717, 1.165) is 0 Å². The Hall–Kier alpha value is -2.24. The van der Waals surface area contributed by atoms with Crippen molar-refractivity contribution in [3.63, 3.8) is 0 Å². The van der Waals surface area contributed by atoms with Crippen LogP contribution < -0.4 is 20.3 Å². The van der Waals surface area contributed by atoms with Crippen LogP contribution in [0.1, 0.15) is 0 Å². The van der Waals surface area contributed by atoms with Crippen molar-refractivity contribution in [3.05, 3.63) is 22.5 Å². The molecule has 0 radical (unpaired) electrons. The molecule has 17 heavy (non-hydrogen) atoms. The van der Waals surface area contributed by atoms with Crippen LogP contribution in [0.5, 0.6) is 11.5 Å². The van der Waals surface area contributed by atoms with Crippen LogP contribution in [-0.4, -0.2) is 31.2 Å². The molecule has 0 saturated heterocycles. The lowest BCUT2D eigenvalue weighted by atomic mass is 10.2.